The van der Waals surface area contributed by atoms with Crippen LogP contribution in [0, 0.1) is 0 Å². The van der Waals surface area contributed by atoms with Crippen LogP contribution in [0.2, 0.25) is 0 Å². The number of benzene rings is 2. The standard InChI is InChI=1S/C18H17NO2.ClH/c1-2-6-16-12-19(11-15(16)5-1)9-3-4-14-7-8-17-18(10-14)21-13-20-17;/h1-8,10H,9,11-13H2;1H. The van der Waals surface area contributed by atoms with E-state index in [9.17, 15) is 0 Å². The Hall–Kier alpha value is -1.97. The maximum Gasteiger partial charge on any atom is 0.231 e. The fourth-order valence-electron chi connectivity index (χ4n) is 2.89. The van der Waals surface area contributed by atoms with Crippen molar-refractivity contribution in [3.8, 4) is 11.5 Å². The van der Waals surface area contributed by atoms with Gasteiger partial charge < -0.3 is 9.47 Å². The van der Waals surface area contributed by atoms with E-state index in [0.29, 0.717) is 6.79 Å². The van der Waals surface area contributed by atoms with Crippen molar-refractivity contribution in [2.24, 2.45) is 0 Å². The van der Waals surface area contributed by atoms with Crippen molar-refractivity contribution in [3.05, 3.63) is 65.2 Å². The molecule has 0 N–H and O–H groups in total. The number of fused-ring (bicyclic) bond motifs is 2. The summed E-state index contributed by atoms with van der Waals surface area (Å²) in [6, 6.07) is 14.7. The lowest BCUT2D eigenvalue weighted by Gasteiger charge is -2.11. The molecule has 114 valence electrons. The molecule has 3 nitrogen and oxygen atoms in total. The highest BCUT2D eigenvalue weighted by Gasteiger charge is 2.16. The van der Waals surface area contributed by atoms with Crippen LogP contribution in [0.15, 0.2) is 48.5 Å². The largest absolute Gasteiger partial charge is 0.454 e. The van der Waals surface area contributed by atoms with Crippen LogP contribution >= 0.6 is 12.4 Å². The number of hydrogen-bond donors (Lipinski definition) is 0. The molecule has 0 saturated carbocycles. The van der Waals surface area contributed by atoms with Crippen molar-refractivity contribution in [3.63, 3.8) is 0 Å². The van der Waals surface area contributed by atoms with Gasteiger partial charge in [0.05, 0.1) is 0 Å². The van der Waals surface area contributed by atoms with Gasteiger partial charge in [-0.1, -0.05) is 42.5 Å². The highest BCUT2D eigenvalue weighted by molar-refractivity contribution is 5.85. The van der Waals surface area contributed by atoms with Gasteiger partial charge in [0.25, 0.3) is 0 Å². The van der Waals surface area contributed by atoms with E-state index >= 15 is 0 Å². The van der Waals surface area contributed by atoms with Crippen molar-refractivity contribution >= 4 is 18.5 Å². The molecule has 0 unspecified atom stereocenters. The van der Waals surface area contributed by atoms with Crippen molar-refractivity contribution < 1.29 is 9.47 Å². The normalized spacial score (nSPS) is 15.8. The molecule has 2 aromatic rings. The van der Waals surface area contributed by atoms with E-state index in [1.54, 1.807) is 0 Å². The monoisotopic (exact) mass is 315 g/mol. The molecule has 2 heterocycles. The van der Waals surface area contributed by atoms with Crippen LogP contribution in [0.3, 0.4) is 0 Å². The molecule has 0 aliphatic carbocycles. The van der Waals surface area contributed by atoms with Crippen molar-refractivity contribution in [1.29, 1.82) is 0 Å². The molecule has 0 spiro atoms. The van der Waals surface area contributed by atoms with Crippen LogP contribution in [0.1, 0.15) is 16.7 Å². The fourth-order valence-corrected chi connectivity index (χ4v) is 2.89. The second-order valence-electron chi connectivity index (χ2n) is 5.45. The van der Waals surface area contributed by atoms with E-state index in [-0.39, 0.29) is 12.4 Å². The average Bonchev–Trinajstić information content (AvgIpc) is 3.12. The molecule has 0 saturated heterocycles. The molecule has 4 heteroatoms. The lowest BCUT2D eigenvalue weighted by atomic mass is 10.1. The minimum absolute atomic E-state index is 0. The molecule has 0 amide bonds. The Balaban J connectivity index is 0.00000144. The number of rotatable bonds is 3. The summed E-state index contributed by atoms with van der Waals surface area (Å²) < 4.78 is 10.7. The lowest BCUT2D eigenvalue weighted by Crippen LogP contribution is -2.15. The third-order valence-corrected chi connectivity index (χ3v) is 3.98. The molecular weight excluding hydrogens is 298 g/mol. The maximum atomic E-state index is 5.39. The smallest absolute Gasteiger partial charge is 0.231 e. The Kier molecular flexibility index (Phi) is 4.36. The molecule has 0 bridgehead atoms. The lowest BCUT2D eigenvalue weighted by molar-refractivity contribution is 0.174. The summed E-state index contributed by atoms with van der Waals surface area (Å²) in [4.78, 5) is 2.44. The molecule has 0 radical (unpaired) electrons. The van der Waals surface area contributed by atoms with Crippen LogP contribution in [0.25, 0.3) is 6.08 Å². The van der Waals surface area contributed by atoms with Gasteiger partial charge >= 0.3 is 0 Å². The SMILES string of the molecule is C(=Cc1ccc2c(c1)OCO2)CN1Cc2ccccc2C1.Cl. The third kappa shape index (κ3) is 2.96. The summed E-state index contributed by atoms with van der Waals surface area (Å²) in [5.74, 6) is 1.67. The van der Waals surface area contributed by atoms with Gasteiger partial charge in [-0.15, -0.1) is 12.4 Å². The highest BCUT2D eigenvalue weighted by Crippen LogP contribution is 2.32. The summed E-state index contributed by atoms with van der Waals surface area (Å²) in [6.07, 6.45) is 4.36. The Morgan fingerprint density at radius 2 is 1.68 bits per heavy atom. The first-order valence-electron chi connectivity index (χ1n) is 7.24. The first-order valence-corrected chi connectivity index (χ1v) is 7.24. The van der Waals surface area contributed by atoms with Crippen LogP contribution in [-0.2, 0) is 13.1 Å². The minimum Gasteiger partial charge on any atom is -0.454 e. The second-order valence-corrected chi connectivity index (χ2v) is 5.45. The number of nitrogens with zero attached hydrogens (tertiary/aromatic N) is 1. The summed E-state index contributed by atoms with van der Waals surface area (Å²) in [5, 5.41) is 0. The van der Waals surface area contributed by atoms with E-state index in [2.05, 4.69) is 47.4 Å². The topological polar surface area (TPSA) is 21.7 Å². The van der Waals surface area contributed by atoms with Crippen LogP contribution in [-0.4, -0.2) is 18.2 Å². The molecule has 2 aromatic carbocycles. The summed E-state index contributed by atoms with van der Waals surface area (Å²) in [6.45, 7) is 3.38. The van der Waals surface area contributed by atoms with Crippen LogP contribution in [0.4, 0.5) is 0 Å². The molecule has 4 rings (SSSR count). The van der Waals surface area contributed by atoms with Gasteiger partial charge in [0, 0.05) is 19.6 Å². The molecule has 2 aliphatic rings. The maximum absolute atomic E-state index is 5.39. The number of ether oxygens (including phenoxy) is 2. The molecule has 22 heavy (non-hydrogen) atoms. The van der Waals surface area contributed by atoms with Crippen LogP contribution < -0.4 is 9.47 Å². The zero-order valence-corrected chi connectivity index (χ0v) is 13.0. The van der Waals surface area contributed by atoms with E-state index in [4.69, 9.17) is 9.47 Å². The van der Waals surface area contributed by atoms with E-state index in [1.807, 2.05) is 12.1 Å². The first-order chi connectivity index (χ1) is 10.4. The Labute approximate surface area is 136 Å². The predicted molar refractivity (Wildman–Crippen MR) is 89.4 cm³/mol. The summed E-state index contributed by atoms with van der Waals surface area (Å²) >= 11 is 0. The Bertz CT molecular complexity index is 674. The fraction of sp³-hybridized carbons (Fsp3) is 0.222. The van der Waals surface area contributed by atoms with Gasteiger partial charge in [-0.2, -0.15) is 0 Å². The summed E-state index contributed by atoms with van der Waals surface area (Å²) in [7, 11) is 0. The Morgan fingerprint density at radius 3 is 2.45 bits per heavy atom. The quantitative estimate of drug-likeness (QED) is 0.858. The predicted octanol–water partition coefficient (Wildman–Crippen LogP) is 3.87. The molecule has 0 atom stereocenters. The second kappa shape index (κ2) is 6.42. The first kappa shape index (κ1) is 14.9. The van der Waals surface area contributed by atoms with Crippen molar-refractivity contribution in [2.45, 2.75) is 13.1 Å². The van der Waals surface area contributed by atoms with Crippen LogP contribution in [0.5, 0.6) is 11.5 Å². The van der Waals surface area contributed by atoms with Gasteiger partial charge in [-0.05, 0) is 28.8 Å². The number of halogens is 1. The highest BCUT2D eigenvalue weighted by atomic mass is 35.5. The van der Waals surface area contributed by atoms with E-state index in [0.717, 1.165) is 36.7 Å². The van der Waals surface area contributed by atoms with Crippen molar-refractivity contribution in [1.82, 2.24) is 4.90 Å². The molecule has 0 fully saturated rings. The van der Waals surface area contributed by atoms with E-state index < -0.39 is 0 Å². The minimum atomic E-state index is 0. The third-order valence-electron chi connectivity index (χ3n) is 3.98. The van der Waals surface area contributed by atoms with Gasteiger partial charge in [-0.3, -0.25) is 4.90 Å². The van der Waals surface area contributed by atoms with E-state index in [1.165, 1.54) is 11.1 Å². The molecule has 0 aromatic heterocycles. The molecular formula is C18H18ClNO2. The van der Waals surface area contributed by atoms with Crippen molar-refractivity contribution in [2.75, 3.05) is 13.3 Å². The number of hydrogen-bond acceptors (Lipinski definition) is 3. The zero-order valence-electron chi connectivity index (χ0n) is 12.2. The van der Waals surface area contributed by atoms with Gasteiger partial charge in [0.15, 0.2) is 11.5 Å². The van der Waals surface area contributed by atoms with Gasteiger partial charge in [-0.25, -0.2) is 0 Å². The molecule has 2 aliphatic heterocycles. The van der Waals surface area contributed by atoms with Gasteiger partial charge in [0.2, 0.25) is 6.79 Å². The van der Waals surface area contributed by atoms with Gasteiger partial charge in [0.1, 0.15) is 0 Å². The Morgan fingerprint density at radius 1 is 0.955 bits per heavy atom. The zero-order chi connectivity index (χ0) is 14.1. The average molecular weight is 316 g/mol. The summed E-state index contributed by atoms with van der Waals surface area (Å²) in [5.41, 5.74) is 4.05.